The van der Waals surface area contributed by atoms with Crippen LogP contribution in [0.25, 0.3) is 0 Å². The molecule has 144 valence electrons. The molecule has 0 unspecified atom stereocenters. The lowest BCUT2D eigenvalue weighted by atomic mass is 10.2. The van der Waals surface area contributed by atoms with Crippen LogP contribution in [0, 0.1) is 5.82 Å². The van der Waals surface area contributed by atoms with Crippen LogP contribution >= 0.6 is 0 Å². The molecular weight excluding hydrogens is 371 g/mol. The van der Waals surface area contributed by atoms with Crippen molar-refractivity contribution in [2.75, 3.05) is 25.0 Å². The van der Waals surface area contributed by atoms with E-state index in [0.29, 0.717) is 18.8 Å². The molecule has 1 N–H and O–H groups in total. The fourth-order valence-corrected chi connectivity index (χ4v) is 4.38. The number of carbonyl (C=O) groups is 1. The summed E-state index contributed by atoms with van der Waals surface area (Å²) in [7, 11) is -3.50. The van der Waals surface area contributed by atoms with Gasteiger partial charge in [0.2, 0.25) is 10.0 Å². The number of nitrogens with zero attached hydrogens (tertiary/aromatic N) is 1. The van der Waals surface area contributed by atoms with E-state index in [1.807, 2.05) is 0 Å². The van der Waals surface area contributed by atoms with Gasteiger partial charge in [-0.2, -0.15) is 4.31 Å². The zero-order valence-electron chi connectivity index (χ0n) is 14.7. The average Bonchev–Trinajstić information content (AvgIpc) is 2.68. The van der Waals surface area contributed by atoms with Crippen molar-refractivity contribution in [2.24, 2.45) is 0 Å². The van der Waals surface area contributed by atoms with Crippen LogP contribution in [0.15, 0.2) is 53.4 Å². The highest BCUT2D eigenvalue weighted by atomic mass is 32.2. The molecule has 1 heterocycles. The maximum Gasteiger partial charge on any atom is 0.262 e. The number of hydrogen-bond acceptors (Lipinski definition) is 4. The molecule has 3 rings (SSSR count). The molecule has 2 aromatic carbocycles. The van der Waals surface area contributed by atoms with Crippen LogP contribution < -0.4 is 10.1 Å². The monoisotopic (exact) mass is 392 g/mol. The smallest absolute Gasteiger partial charge is 0.262 e. The van der Waals surface area contributed by atoms with Gasteiger partial charge in [-0.1, -0.05) is 18.6 Å². The lowest BCUT2D eigenvalue weighted by Gasteiger charge is -2.25. The molecule has 6 nitrogen and oxygen atoms in total. The molecule has 0 bridgehead atoms. The Morgan fingerprint density at radius 2 is 1.70 bits per heavy atom. The highest BCUT2D eigenvalue weighted by Gasteiger charge is 2.25. The number of amides is 1. The summed E-state index contributed by atoms with van der Waals surface area (Å²) in [4.78, 5) is 12.1. The van der Waals surface area contributed by atoms with E-state index >= 15 is 0 Å². The Bertz CT molecular complexity index is 894. The predicted octanol–water partition coefficient (Wildman–Crippen LogP) is 3.02. The largest absolute Gasteiger partial charge is 0.481 e. The highest BCUT2D eigenvalue weighted by Crippen LogP contribution is 2.22. The van der Waals surface area contributed by atoms with Crippen LogP contribution in [-0.2, 0) is 14.8 Å². The molecule has 0 spiro atoms. The normalized spacial score (nSPS) is 15.3. The number of nitrogens with one attached hydrogen (secondary N) is 1. The molecule has 1 saturated heterocycles. The van der Waals surface area contributed by atoms with Crippen molar-refractivity contribution < 1.29 is 22.3 Å². The summed E-state index contributed by atoms with van der Waals surface area (Å²) >= 11 is 0. The fourth-order valence-electron chi connectivity index (χ4n) is 2.87. The van der Waals surface area contributed by atoms with Gasteiger partial charge in [0, 0.05) is 18.8 Å². The third-order valence-electron chi connectivity index (χ3n) is 4.29. The molecule has 0 radical (unpaired) electrons. The predicted molar refractivity (Wildman–Crippen MR) is 99.6 cm³/mol. The van der Waals surface area contributed by atoms with E-state index < -0.39 is 21.7 Å². The SMILES string of the molecule is O=C(COc1ccccc1F)Nc1ccc(S(=O)(=O)N2CCCCC2)cc1. The van der Waals surface area contributed by atoms with Crippen LogP contribution in [0.3, 0.4) is 0 Å². The molecular formula is C19H21FN2O4S. The van der Waals surface area contributed by atoms with E-state index in [2.05, 4.69) is 5.32 Å². The number of hydrogen-bond donors (Lipinski definition) is 1. The minimum Gasteiger partial charge on any atom is -0.481 e. The lowest BCUT2D eigenvalue weighted by Crippen LogP contribution is -2.35. The van der Waals surface area contributed by atoms with Crippen LogP contribution in [0.4, 0.5) is 10.1 Å². The molecule has 2 aromatic rings. The Morgan fingerprint density at radius 3 is 2.37 bits per heavy atom. The van der Waals surface area contributed by atoms with Crippen molar-refractivity contribution in [1.29, 1.82) is 0 Å². The second kappa shape index (κ2) is 8.49. The minimum atomic E-state index is -3.50. The Balaban J connectivity index is 1.58. The molecule has 27 heavy (non-hydrogen) atoms. The number of para-hydroxylation sites is 1. The first-order valence-electron chi connectivity index (χ1n) is 8.74. The van der Waals surface area contributed by atoms with Gasteiger partial charge in [0.05, 0.1) is 4.90 Å². The maximum atomic E-state index is 13.5. The summed E-state index contributed by atoms with van der Waals surface area (Å²) in [6.07, 6.45) is 2.79. The zero-order chi connectivity index (χ0) is 19.3. The third-order valence-corrected chi connectivity index (χ3v) is 6.20. The number of benzene rings is 2. The third kappa shape index (κ3) is 4.84. The van der Waals surface area contributed by atoms with Crippen LogP contribution in [0.2, 0.25) is 0 Å². The Labute approximate surface area is 158 Å². The van der Waals surface area contributed by atoms with Crippen molar-refractivity contribution in [3.63, 3.8) is 0 Å². The fraction of sp³-hybridized carbons (Fsp3) is 0.316. The van der Waals surface area contributed by atoms with E-state index in [4.69, 9.17) is 4.74 Å². The van der Waals surface area contributed by atoms with Gasteiger partial charge >= 0.3 is 0 Å². The van der Waals surface area contributed by atoms with Crippen LogP contribution in [-0.4, -0.2) is 38.3 Å². The summed E-state index contributed by atoms with van der Waals surface area (Å²) in [5.74, 6) is -1.02. The standard InChI is InChI=1S/C19H21FN2O4S/c20-17-6-2-3-7-18(17)26-14-19(23)21-15-8-10-16(11-9-15)27(24,25)22-12-4-1-5-13-22/h2-3,6-11H,1,4-5,12-14H2,(H,21,23). The topological polar surface area (TPSA) is 75.7 Å². The molecule has 0 aromatic heterocycles. The van der Waals surface area contributed by atoms with E-state index in [0.717, 1.165) is 19.3 Å². The summed E-state index contributed by atoms with van der Waals surface area (Å²) in [5, 5.41) is 2.60. The van der Waals surface area contributed by atoms with Crippen LogP contribution in [0.5, 0.6) is 5.75 Å². The number of sulfonamides is 1. The van der Waals surface area contributed by atoms with Crippen molar-refractivity contribution >= 4 is 21.6 Å². The van der Waals surface area contributed by atoms with E-state index in [1.165, 1.54) is 46.8 Å². The van der Waals surface area contributed by atoms with Gasteiger partial charge in [-0.25, -0.2) is 12.8 Å². The molecule has 0 saturated carbocycles. The Kier molecular flexibility index (Phi) is 6.08. The molecule has 1 fully saturated rings. The Morgan fingerprint density at radius 1 is 1.04 bits per heavy atom. The van der Waals surface area contributed by atoms with Gasteiger partial charge < -0.3 is 10.1 Å². The quantitative estimate of drug-likeness (QED) is 0.820. The summed E-state index contributed by atoms with van der Waals surface area (Å²) in [6, 6.07) is 11.8. The molecule has 1 amide bonds. The molecule has 8 heteroatoms. The number of ether oxygens (including phenoxy) is 1. The second-order valence-electron chi connectivity index (χ2n) is 6.26. The first-order chi connectivity index (χ1) is 13.0. The van der Waals surface area contributed by atoms with Crippen molar-refractivity contribution in [2.45, 2.75) is 24.2 Å². The summed E-state index contributed by atoms with van der Waals surface area (Å²) < 4.78 is 45.3. The summed E-state index contributed by atoms with van der Waals surface area (Å²) in [5.41, 5.74) is 0.440. The van der Waals surface area contributed by atoms with E-state index in [1.54, 1.807) is 6.07 Å². The number of carbonyl (C=O) groups excluding carboxylic acids is 1. The molecule has 1 aliphatic heterocycles. The van der Waals surface area contributed by atoms with Gasteiger partial charge in [0.15, 0.2) is 18.2 Å². The molecule has 1 aliphatic rings. The van der Waals surface area contributed by atoms with Gasteiger partial charge in [-0.05, 0) is 49.2 Å². The van der Waals surface area contributed by atoms with Gasteiger partial charge in [-0.3, -0.25) is 4.79 Å². The molecule has 0 atom stereocenters. The van der Waals surface area contributed by atoms with E-state index in [-0.39, 0.29) is 17.3 Å². The summed E-state index contributed by atoms with van der Waals surface area (Å²) in [6.45, 7) is 0.719. The van der Waals surface area contributed by atoms with Gasteiger partial charge in [-0.15, -0.1) is 0 Å². The number of piperidine rings is 1. The number of rotatable bonds is 6. The highest BCUT2D eigenvalue weighted by molar-refractivity contribution is 7.89. The van der Waals surface area contributed by atoms with Gasteiger partial charge in [0.25, 0.3) is 5.91 Å². The number of halogens is 1. The number of anilines is 1. The van der Waals surface area contributed by atoms with Crippen molar-refractivity contribution in [3.05, 3.63) is 54.3 Å². The zero-order valence-corrected chi connectivity index (χ0v) is 15.5. The first-order valence-corrected chi connectivity index (χ1v) is 10.2. The van der Waals surface area contributed by atoms with Crippen molar-refractivity contribution in [3.8, 4) is 5.75 Å². The average molecular weight is 392 g/mol. The van der Waals surface area contributed by atoms with Gasteiger partial charge in [0.1, 0.15) is 0 Å². The first kappa shape index (κ1) is 19.3. The Hall–Kier alpha value is -2.45. The minimum absolute atomic E-state index is 0.00405. The van der Waals surface area contributed by atoms with Crippen molar-refractivity contribution in [1.82, 2.24) is 4.31 Å². The van der Waals surface area contributed by atoms with E-state index in [9.17, 15) is 17.6 Å². The molecule has 0 aliphatic carbocycles. The second-order valence-corrected chi connectivity index (χ2v) is 8.19. The lowest BCUT2D eigenvalue weighted by molar-refractivity contribution is -0.118. The maximum absolute atomic E-state index is 13.5. The van der Waals surface area contributed by atoms with Crippen LogP contribution in [0.1, 0.15) is 19.3 Å².